The van der Waals surface area contributed by atoms with Gasteiger partial charge in [0.1, 0.15) is 6.10 Å². The zero-order valence-electron chi connectivity index (χ0n) is 31.0. The molecule has 0 aromatic rings. The van der Waals surface area contributed by atoms with Crippen LogP contribution in [0.15, 0.2) is 30.3 Å². The van der Waals surface area contributed by atoms with Crippen molar-refractivity contribution in [2.75, 3.05) is 13.7 Å². The molecule has 0 aromatic heterocycles. The van der Waals surface area contributed by atoms with Crippen molar-refractivity contribution in [3.8, 4) is 11.1 Å². The summed E-state index contributed by atoms with van der Waals surface area (Å²) in [6.45, 7) is 17.2. The van der Waals surface area contributed by atoms with E-state index in [-0.39, 0.29) is 24.8 Å². The van der Waals surface area contributed by atoms with Crippen LogP contribution in [0.3, 0.4) is 0 Å². The second kappa shape index (κ2) is 18.5. The molecule has 1 amide bonds. The molecule has 3 aliphatic rings. The molecule has 1 aliphatic heterocycles. The van der Waals surface area contributed by atoms with Gasteiger partial charge in [0, 0.05) is 26.0 Å². The fourth-order valence-electron chi connectivity index (χ4n) is 5.63. The second-order valence-corrected chi connectivity index (χ2v) is 13.7. The summed E-state index contributed by atoms with van der Waals surface area (Å²) in [5, 5.41) is 2.87. The van der Waals surface area contributed by atoms with Gasteiger partial charge in [-0.2, -0.15) is 0 Å². The molecular weight excluding hydrogens is 626 g/mol. The molecule has 0 aromatic carbocycles. The van der Waals surface area contributed by atoms with Gasteiger partial charge in [0.05, 0.1) is 11.8 Å². The first kappa shape index (κ1) is 39.9. The van der Waals surface area contributed by atoms with E-state index in [4.69, 9.17) is 23.7 Å². The highest BCUT2D eigenvalue weighted by Gasteiger charge is 2.53. The Morgan fingerprint density at radius 2 is 1.39 bits per heavy atom. The van der Waals surface area contributed by atoms with Crippen LogP contribution in [0, 0.1) is 24.7 Å². The molecule has 1 fully saturated rings. The Bertz CT molecular complexity index is 1390. The lowest BCUT2D eigenvalue weighted by Gasteiger charge is -2.44. The molecule has 272 valence electrons. The molecule has 3 rings (SSSR count). The van der Waals surface area contributed by atoms with Gasteiger partial charge in [0.25, 0.3) is 0 Å². The number of carbonyl (C=O) groups is 4. The molecule has 1 saturated heterocycles. The zero-order chi connectivity index (χ0) is 36.4. The smallest absolute Gasteiger partial charge is 0.309 e. The third-order valence-corrected chi connectivity index (χ3v) is 9.78. The van der Waals surface area contributed by atoms with E-state index < -0.39 is 60.4 Å². The predicted octanol–water partition coefficient (Wildman–Crippen LogP) is 6.52. The minimum Gasteiger partial charge on any atom is -0.455 e. The van der Waals surface area contributed by atoms with Gasteiger partial charge in [0.15, 0.2) is 24.6 Å². The third-order valence-electron chi connectivity index (χ3n) is 9.78. The van der Waals surface area contributed by atoms with Gasteiger partial charge in [-0.3, -0.25) is 19.2 Å². The van der Waals surface area contributed by atoms with Crippen LogP contribution >= 0.6 is 0 Å². The van der Waals surface area contributed by atoms with E-state index in [2.05, 4.69) is 56.4 Å². The summed E-state index contributed by atoms with van der Waals surface area (Å²) in [5.41, 5.74) is 5.60. The Morgan fingerprint density at radius 3 is 1.96 bits per heavy atom. The van der Waals surface area contributed by atoms with Gasteiger partial charge < -0.3 is 29.0 Å². The molecule has 0 saturated carbocycles. The van der Waals surface area contributed by atoms with Gasteiger partial charge in [0.2, 0.25) is 5.91 Å². The molecule has 0 bridgehead atoms. The normalized spacial score (nSPS) is 22.6. The van der Waals surface area contributed by atoms with E-state index in [1.165, 1.54) is 12.7 Å². The first-order chi connectivity index (χ1) is 23.3. The monoisotopic (exact) mass is 683 g/mol. The van der Waals surface area contributed by atoms with Crippen LogP contribution in [0.4, 0.5) is 0 Å². The number of hydrogen-bond acceptors (Lipinski definition) is 9. The van der Waals surface area contributed by atoms with Crippen LogP contribution < -0.4 is 5.32 Å². The van der Waals surface area contributed by atoms with E-state index in [0.717, 1.165) is 22.3 Å². The Balaban J connectivity index is 1.94. The number of rotatable bonds is 16. The van der Waals surface area contributed by atoms with Gasteiger partial charge in [-0.15, -0.1) is 0 Å². The summed E-state index contributed by atoms with van der Waals surface area (Å²) in [7, 11) is 1.39. The molecule has 1 N–H and O–H groups in total. The summed E-state index contributed by atoms with van der Waals surface area (Å²) >= 11 is 0. The molecule has 0 radical (unpaired) electrons. The maximum Gasteiger partial charge on any atom is 0.309 e. The highest BCUT2D eigenvalue weighted by molar-refractivity contribution is 5.78. The second-order valence-electron chi connectivity index (χ2n) is 13.7. The summed E-state index contributed by atoms with van der Waals surface area (Å²) in [4.78, 5) is 52.8. The van der Waals surface area contributed by atoms with E-state index in [9.17, 15) is 19.2 Å². The van der Waals surface area contributed by atoms with Crippen molar-refractivity contribution in [2.24, 2.45) is 17.8 Å². The minimum absolute atomic E-state index is 0.0328. The van der Waals surface area contributed by atoms with Crippen molar-refractivity contribution in [2.45, 2.75) is 131 Å². The van der Waals surface area contributed by atoms with Crippen LogP contribution in [0.25, 0.3) is 11.1 Å². The third kappa shape index (κ3) is 10.3. The number of aryl methyl sites for hydroxylation is 2. The lowest BCUT2D eigenvalue weighted by atomic mass is 9.96. The molecule has 10 nitrogen and oxygen atoms in total. The van der Waals surface area contributed by atoms with Gasteiger partial charge in [-0.25, -0.2) is 0 Å². The van der Waals surface area contributed by atoms with Crippen LogP contribution in [-0.4, -0.2) is 68.2 Å². The highest BCUT2D eigenvalue weighted by Crippen LogP contribution is 2.34. The SMILES string of the molecule is CC[C@H](C)C(=O)NC[C@H]1O[C@H](OC)[C@@H](OC(=O)CCc2ccc(C(C)C)cc3c(C)ccc2-3)[C@@H](OC(=O)[C@@H](C)CC)[C@@H]1OC(=O)[C@@H](C)CC. The Labute approximate surface area is 292 Å². The maximum absolute atomic E-state index is 13.6. The van der Waals surface area contributed by atoms with E-state index in [0.29, 0.717) is 31.6 Å². The minimum atomic E-state index is -1.25. The summed E-state index contributed by atoms with van der Waals surface area (Å²) in [5.74, 6) is -2.65. The molecule has 0 spiro atoms. The molecule has 1 heterocycles. The van der Waals surface area contributed by atoms with Crippen LogP contribution in [0.5, 0.6) is 0 Å². The average molecular weight is 684 g/mol. The Morgan fingerprint density at radius 1 is 0.776 bits per heavy atom. The van der Waals surface area contributed by atoms with E-state index in [1.807, 2.05) is 27.7 Å². The lowest BCUT2D eigenvalue weighted by Crippen LogP contribution is -2.64. The number of nitrogens with one attached hydrogen (secondary N) is 1. The van der Waals surface area contributed by atoms with Crippen LogP contribution in [0.2, 0.25) is 0 Å². The predicted molar refractivity (Wildman–Crippen MR) is 187 cm³/mol. The van der Waals surface area contributed by atoms with E-state index >= 15 is 0 Å². The van der Waals surface area contributed by atoms with Crippen molar-refractivity contribution in [3.63, 3.8) is 0 Å². The van der Waals surface area contributed by atoms with Crippen LogP contribution in [0.1, 0.15) is 104 Å². The van der Waals surface area contributed by atoms with Crippen molar-refractivity contribution in [1.82, 2.24) is 5.32 Å². The molecule has 10 heteroatoms. The number of amides is 1. The van der Waals surface area contributed by atoms with Gasteiger partial charge in [-0.05, 0) is 66.3 Å². The fourth-order valence-corrected chi connectivity index (χ4v) is 5.63. The summed E-state index contributed by atoms with van der Waals surface area (Å²) in [6, 6.07) is 10.5. The average Bonchev–Trinajstić information content (AvgIpc) is 3.33. The summed E-state index contributed by atoms with van der Waals surface area (Å²) < 4.78 is 29.9. The topological polar surface area (TPSA) is 126 Å². The van der Waals surface area contributed by atoms with Crippen molar-refractivity contribution in [1.29, 1.82) is 0 Å². The van der Waals surface area contributed by atoms with Gasteiger partial charge in [-0.1, -0.05) is 85.7 Å². The molecule has 2 aliphatic carbocycles. The number of carbonyl (C=O) groups excluding carboxylic acids is 4. The molecular formula is C39H57NO9. The van der Waals surface area contributed by atoms with E-state index in [1.54, 1.807) is 13.8 Å². The summed E-state index contributed by atoms with van der Waals surface area (Å²) in [6.07, 6.45) is -3.72. The number of esters is 3. The maximum atomic E-state index is 13.6. The number of fused-ring (bicyclic) bond motifs is 1. The van der Waals surface area contributed by atoms with Crippen LogP contribution in [-0.2, 0) is 49.3 Å². The zero-order valence-corrected chi connectivity index (χ0v) is 31.0. The quantitative estimate of drug-likeness (QED) is 0.156. The highest BCUT2D eigenvalue weighted by atomic mass is 16.7. The Kier molecular flexibility index (Phi) is 15.1. The number of methoxy groups -OCH3 is 1. The molecule has 49 heavy (non-hydrogen) atoms. The Hall–Kier alpha value is -3.50. The van der Waals surface area contributed by atoms with Crippen molar-refractivity contribution < 1.29 is 42.9 Å². The standard InChI is InChI=1S/C39H57NO9/c1-11-23(6)36(42)40-21-31-33(48-37(43)24(7)12-2)34(49-38(44)25(8)13-3)35(39(45-10)46-31)47-32(41)19-17-27-15-16-28(22(4)5)20-30-26(9)14-18-29(27)30/h14-16,18,20,22-25,31,33-35,39H,11-13,17,19,21H2,1-10H3,(H,40,42)/t23-,24-,25-,31+,33+,34-,35-,39-/m0/s1. The fraction of sp³-hybridized carbons (Fsp3) is 0.641. The largest absolute Gasteiger partial charge is 0.455 e. The van der Waals surface area contributed by atoms with Crippen molar-refractivity contribution in [3.05, 3.63) is 47.0 Å². The number of ether oxygens (including phenoxy) is 5. The first-order valence-corrected chi connectivity index (χ1v) is 17.8. The lowest BCUT2D eigenvalue weighted by molar-refractivity contribution is -0.298. The first-order valence-electron chi connectivity index (χ1n) is 17.8. The molecule has 8 atom stereocenters. The van der Waals surface area contributed by atoms with Gasteiger partial charge >= 0.3 is 17.9 Å². The molecule has 0 unspecified atom stereocenters. The number of hydrogen-bond donors (Lipinski definition) is 1. The van der Waals surface area contributed by atoms with Crippen molar-refractivity contribution >= 4 is 23.8 Å².